The summed E-state index contributed by atoms with van der Waals surface area (Å²) in [5.74, 6) is -1.09. The van der Waals surface area contributed by atoms with Gasteiger partial charge in [0.2, 0.25) is 0 Å². The fourth-order valence-electron chi connectivity index (χ4n) is 4.86. The first-order valence-electron chi connectivity index (χ1n) is 12.0. The van der Waals surface area contributed by atoms with Crippen molar-refractivity contribution >= 4 is 40.7 Å². The van der Waals surface area contributed by atoms with Crippen LogP contribution < -0.4 is 5.32 Å². The summed E-state index contributed by atoms with van der Waals surface area (Å²) in [6.07, 6.45) is 5.82. The van der Waals surface area contributed by atoms with Gasteiger partial charge in [0, 0.05) is 35.0 Å². The number of thiazole rings is 1. The molecule has 9 nitrogen and oxygen atoms in total. The van der Waals surface area contributed by atoms with Crippen LogP contribution >= 0.6 is 22.9 Å². The van der Waals surface area contributed by atoms with E-state index in [0.29, 0.717) is 47.9 Å². The number of amidine groups is 1. The number of carbonyl (C=O) groups excluding carboxylic acids is 2. The van der Waals surface area contributed by atoms with Crippen LogP contribution in [0.25, 0.3) is 0 Å². The Hall–Kier alpha value is -3.57. The number of hydrogen-bond donors (Lipinski definition) is 1. The van der Waals surface area contributed by atoms with Gasteiger partial charge < -0.3 is 14.8 Å². The Morgan fingerprint density at radius 2 is 2.13 bits per heavy atom. The van der Waals surface area contributed by atoms with Crippen LogP contribution in [0.5, 0.6) is 0 Å². The van der Waals surface area contributed by atoms with Crippen LogP contribution in [0.3, 0.4) is 0 Å². The molecule has 0 radical (unpaired) electrons. The molecule has 1 aliphatic carbocycles. The fraction of sp³-hybridized carbons (Fsp3) is 0.346. The summed E-state index contributed by atoms with van der Waals surface area (Å²) < 4.78 is 26.2. The zero-order valence-electron chi connectivity index (χ0n) is 20.7. The number of allylic oxidation sites excluding steroid dienone is 1. The summed E-state index contributed by atoms with van der Waals surface area (Å²) in [6.45, 7) is 0.416. The highest BCUT2D eigenvalue weighted by atomic mass is 35.5. The number of benzene rings is 1. The van der Waals surface area contributed by atoms with E-state index in [9.17, 15) is 14.0 Å². The number of nitrogens with one attached hydrogen (secondary N) is 1. The van der Waals surface area contributed by atoms with Gasteiger partial charge in [-0.15, -0.1) is 11.3 Å². The maximum atomic E-state index is 14.5. The van der Waals surface area contributed by atoms with Gasteiger partial charge in [-0.05, 0) is 30.9 Å². The lowest BCUT2D eigenvalue weighted by Crippen LogP contribution is -2.38. The van der Waals surface area contributed by atoms with Gasteiger partial charge in [-0.25, -0.2) is 14.2 Å². The van der Waals surface area contributed by atoms with Gasteiger partial charge in [0.05, 0.1) is 43.5 Å². The predicted octanol–water partition coefficient (Wildman–Crippen LogP) is 4.02. The fourth-order valence-corrected chi connectivity index (χ4v) is 5.68. The Morgan fingerprint density at radius 1 is 1.29 bits per heavy atom. The molecule has 12 heteroatoms. The van der Waals surface area contributed by atoms with Gasteiger partial charge in [-0.3, -0.25) is 14.5 Å². The molecule has 2 unspecified atom stereocenters. The van der Waals surface area contributed by atoms with Crippen molar-refractivity contribution in [2.75, 3.05) is 14.2 Å². The first kappa shape index (κ1) is 26.1. The quantitative estimate of drug-likeness (QED) is 0.437. The third-order valence-corrected chi connectivity index (χ3v) is 7.87. The Bertz CT molecular complexity index is 1440. The third-order valence-electron chi connectivity index (χ3n) is 6.69. The lowest BCUT2D eigenvalue weighted by molar-refractivity contribution is -0.141. The van der Waals surface area contributed by atoms with Crippen molar-refractivity contribution in [1.82, 2.24) is 20.1 Å². The second-order valence-electron chi connectivity index (χ2n) is 8.93. The van der Waals surface area contributed by atoms with E-state index in [1.54, 1.807) is 23.0 Å². The van der Waals surface area contributed by atoms with Crippen LogP contribution in [-0.2, 0) is 38.4 Å². The Kier molecular flexibility index (Phi) is 7.57. The van der Waals surface area contributed by atoms with Crippen molar-refractivity contribution < 1.29 is 23.5 Å². The Balaban J connectivity index is 1.55. The summed E-state index contributed by atoms with van der Waals surface area (Å²) >= 11 is 7.78. The van der Waals surface area contributed by atoms with Gasteiger partial charge in [-0.1, -0.05) is 23.7 Å². The molecular weight excluding hydrogens is 533 g/mol. The van der Waals surface area contributed by atoms with E-state index in [1.165, 1.54) is 31.6 Å². The van der Waals surface area contributed by atoms with Crippen LogP contribution in [0.15, 0.2) is 52.2 Å². The zero-order valence-corrected chi connectivity index (χ0v) is 22.3. The van der Waals surface area contributed by atoms with E-state index >= 15 is 0 Å². The van der Waals surface area contributed by atoms with E-state index in [0.717, 1.165) is 11.3 Å². The molecule has 0 spiro atoms. The van der Waals surface area contributed by atoms with Gasteiger partial charge in [0.15, 0.2) is 10.8 Å². The number of aromatic nitrogens is 3. The van der Waals surface area contributed by atoms with Crippen molar-refractivity contribution in [3.8, 4) is 0 Å². The molecule has 0 amide bonds. The molecule has 2 atom stereocenters. The molecule has 3 heterocycles. The Labute approximate surface area is 227 Å². The molecule has 1 N–H and O–H groups in total. The molecule has 1 aliphatic heterocycles. The number of esters is 2. The highest BCUT2D eigenvalue weighted by Gasteiger charge is 2.38. The topological polar surface area (TPSA) is 108 Å². The van der Waals surface area contributed by atoms with Gasteiger partial charge in [-0.2, -0.15) is 5.10 Å². The standard InChI is InChI=1S/C26H25ClFN5O4S/c1-36-19(34)8-10-33-13-15-12-14(6-7-18(15)32-33)22-20(26(35)37-2)23(16-4-3-5-17(28)21(16)27)31-24(30-22)25-29-9-11-38-25/h3-5,9,11,13-14,23H,6-8,10,12H2,1-2H3,(H,30,31). The molecule has 5 rings (SSSR count). The largest absolute Gasteiger partial charge is 0.469 e. The maximum absolute atomic E-state index is 14.5. The lowest BCUT2D eigenvalue weighted by atomic mass is 9.81. The van der Waals surface area contributed by atoms with E-state index in [-0.39, 0.29) is 28.9 Å². The SMILES string of the molecule is COC(=O)CCn1cc2c(n1)CCC(C1=C(C(=O)OC)C(c3cccc(F)c3Cl)N=C(c3nccs3)N1)C2. The van der Waals surface area contributed by atoms with Crippen LogP contribution in [0.1, 0.15) is 40.7 Å². The van der Waals surface area contributed by atoms with Crippen molar-refractivity contribution in [3.63, 3.8) is 0 Å². The number of ether oxygens (including phenoxy) is 2. The zero-order chi connectivity index (χ0) is 26.8. The Morgan fingerprint density at radius 3 is 2.87 bits per heavy atom. The van der Waals surface area contributed by atoms with Crippen molar-refractivity contribution in [2.24, 2.45) is 10.9 Å². The molecule has 2 aromatic heterocycles. The van der Waals surface area contributed by atoms with E-state index < -0.39 is 17.8 Å². The number of halogens is 2. The minimum absolute atomic E-state index is 0.0970. The third kappa shape index (κ3) is 5.08. The molecule has 38 heavy (non-hydrogen) atoms. The van der Waals surface area contributed by atoms with E-state index in [1.807, 2.05) is 11.6 Å². The smallest absolute Gasteiger partial charge is 0.338 e. The first-order chi connectivity index (χ1) is 18.4. The summed E-state index contributed by atoms with van der Waals surface area (Å²) in [5.41, 5.74) is 3.29. The highest BCUT2D eigenvalue weighted by Crippen LogP contribution is 2.41. The summed E-state index contributed by atoms with van der Waals surface area (Å²) in [6, 6.07) is 3.59. The summed E-state index contributed by atoms with van der Waals surface area (Å²) in [4.78, 5) is 33.9. The van der Waals surface area contributed by atoms with Crippen LogP contribution in [0, 0.1) is 11.7 Å². The molecule has 2 aliphatic rings. The van der Waals surface area contributed by atoms with Crippen LogP contribution in [-0.4, -0.2) is 46.8 Å². The van der Waals surface area contributed by atoms with Gasteiger partial charge in [0.25, 0.3) is 0 Å². The molecule has 0 fully saturated rings. The second kappa shape index (κ2) is 11.0. The van der Waals surface area contributed by atoms with Gasteiger partial charge in [0.1, 0.15) is 11.9 Å². The summed E-state index contributed by atoms with van der Waals surface area (Å²) in [7, 11) is 2.67. The minimum atomic E-state index is -0.884. The lowest BCUT2D eigenvalue weighted by Gasteiger charge is -2.32. The van der Waals surface area contributed by atoms with Gasteiger partial charge >= 0.3 is 11.9 Å². The van der Waals surface area contributed by atoms with Crippen LogP contribution in [0.2, 0.25) is 5.02 Å². The average molecular weight is 558 g/mol. The highest BCUT2D eigenvalue weighted by molar-refractivity contribution is 7.11. The molecule has 0 bridgehead atoms. The minimum Gasteiger partial charge on any atom is -0.469 e. The van der Waals surface area contributed by atoms with Crippen molar-refractivity contribution in [3.05, 3.63) is 79.9 Å². The molecule has 198 valence electrons. The number of nitrogens with zero attached hydrogens (tertiary/aromatic N) is 4. The number of rotatable bonds is 7. The number of methoxy groups -OCH3 is 2. The van der Waals surface area contributed by atoms with Crippen molar-refractivity contribution in [2.45, 2.75) is 38.3 Å². The molecule has 0 saturated carbocycles. The maximum Gasteiger partial charge on any atom is 0.338 e. The number of hydrogen-bond acceptors (Lipinski definition) is 9. The van der Waals surface area contributed by atoms with E-state index in [4.69, 9.17) is 26.1 Å². The van der Waals surface area contributed by atoms with Crippen molar-refractivity contribution in [1.29, 1.82) is 0 Å². The number of aliphatic imine (C=N–C) groups is 1. The molecule has 0 saturated heterocycles. The molecule has 1 aromatic carbocycles. The molecular formula is C26H25ClFN5O4S. The number of aryl methyl sites for hydroxylation is 2. The number of carbonyl (C=O) groups is 2. The second-order valence-corrected chi connectivity index (χ2v) is 10.2. The number of fused-ring (bicyclic) bond motifs is 1. The predicted molar refractivity (Wildman–Crippen MR) is 139 cm³/mol. The first-order valence-corrected chi connectivity index (χ1v) is 13.3. The van der Waals surface area contributed by atoms with Crippen LogP contribution in [0.4, 0.5) is 4.39 Å². The monoisotopic (exact) mass is 557 g/mol. The average Bonchev–Trinajstić information content (AvgIpc) is 3.62. The summed E-state index contributed by atoms with van der Waals surface area (Å²) in [5, 5.41) is 10.4. The normalized spacial score (nSPS) is 18.9. The molecule has 3 aromatic rings. The van der Waals surface area contributed by atoms with E-state index in [2.05, 4.69) is 15.4 Å².